The second kappa shape index (κ2) is 15.6. The van der Waals surface area contributed by atoms with E-state index in [0.29, 0.717) is 16.9 Å². The molecule has 1 heterocycles. The number of thioether (sulfide) groups is 1. The fourth-order valence-electron chi connectivity index (χ4n) is 4.41. The zero-order valence-electron chi connectivity index (χ0n) is 23.4. The summed E-state index contributed by atoms with van der Waals surface area (Å²) in [6, 6.07) is 8.15. The molecule has 0 fully saturated rings. The highest BCUT2D eigenvalue weighted by atomic mass is 32.2. The van der Waals surface area contributed by atoms with Gasteiger partial charge in [0.1, 0.15) is 23.9 Å². The van der Waals surface area contributed by atoms with Crippen molar-refractivity contribution in [1.29, 1.82) is 0 Å². The van der Waals surface area contributed by atoms with E-state index in [1.165, 1.54) is 23.9 Å². The average Bonchev–Trinajstić information content (AvgIpc) is 3.37. The fourth-order valence-corrected chi connectivity index (χ4v) is 4.88. The number of carboxylic acid groups (broad SMARTS) is 2. The van der Waals surface area contributed by atoms with Crippen molar-refractivity contribution < 1.29 is 39.3 Å². The van der Waals surface area contributed by atoms with Gasteiger partial charge in [0.25, 0.3) is 0 Å². The van der Waals surface area contributed by atoms with E-state index in [0.717, 1.165) is 10.9 Å². The van der Waals surface area contributed by atoms with Gasteiger partial charge >= 0.3 is 11.9 Å². The van der Waals surface area contributed by atoms with Crippen LogP contribution in [0.4, 0.5) is 0 Å². The topological polar surface area (TPSA) is 224 Å². The number of H-pyrrole nitrogens is 1. The molecule has 1 aromatic heterocycles. The van der Waals surface area contributed by atoms with Gasteiger partial charge in [0.05, 0.1) is 12.5 Å². The first-order valence-corrected chi connectivity index (χ1v) is 14.8. The van der Waals surface area contributed by atoms with Gasteiger partial charge in [-0.05, 0) is 47.8 Å². The van der Waals surface area contributed by atoms with Crippen LogP contribution in [0.15, 0.2) is 54.7 Å². The van der Waals surface area contributed by atoms with Gasteiger partial charge in [-0.3, -0.25) is 19.2 Å². The Morgan fingerprint density at radius 2 is 1.49 bits per heavy atom. The lowest BCUT2D eigenvalue weighted by Gasteiger charge is -2.25. The SMILES string of the molecule is CSCCC(NC(=O)C(N)CC(=O)O)C(=O)NC(Cc1ccc(O)cc1)C(=O)NC(Cc1c[nH]c2ccccc12)C(=O)O. The summed E-state index contributed by atoms with van der Waals surface area (Å²) in [4.78, 5) is 65.6. The van der Waals surface area contributed by atoms with Crippen molar-refractivity contribution in [2.75, 3.05) is 12.0 Å². The number of benzene rings is 2. The second-order valence-electron chi connectivity index (χ2n) is 9.94. The van der Waals surface area contributed by atoms with Crippen LogP contribution in [0.1, 0.15) is 24.0 Å². The Labute approximate surface area is 251 Å². The van der Waals surface area contributed by atoms with Crippen LogP contribution in [0, 0.1) is 0 Å². The largest absolute Gasteiger partial charge is 0.508 e. The third-order valence-corrected chi connectivity index (χ3v) is 7.34. The summed E-state index contributed by atoms with van der Waals surface area (Å²) in [5.74, 6) is -4.44. The van der Waals surface area contributed by atoms with Gasteiger partial charge in [0, 0.05) is 29.9 Å². The minimum Gasteiger partial charge on any atom is -0.508 e. The minimum atomic E-state index is -1.39. The van der Waals surface area contributed by atoms with Crippen molar-refractivity contribution in [3.05, 3.63) is 65.9 Å². The van der Waals surface area contributed by atoms with Gasteiger partial charge in [-0.1, -0.05) is 30.3 Å². The van der Waals surface area contributed by atoms with E-state index in [9.17, 15) is 34.2 Å². The van der Waals surface area contributed by atoms with Gasteiger partial charge in [-0.25, -0.2) is 4.79 Å². The molecule has 3 amide bonds. The lowest BCUT2D eigenvalue weighted by Crippen LogP contribution is -2.58. The summed E-state index contributed by atoms with van der Waals surface area (Å²) < 4.78 is 0. The maximum Gasteiger partial charge on any atom is 0.326 e. The van der Waals surface area contributed by atoms with Gasteiger partial charge in [-0.2, -0.15) is 11.8 Å². The quantitative estimate of drug-likeness (QED) is 0.113. The lowest BCUT2D eigenvalue weighted by atomic mass is 10.0. The van der Waals surface area contributed by atoms with Crippen molar-refractivity contribution in [3.8, 4) is 5.75 Å². The van der Waals surface area contributed by atoms with Crippen LogP contribution in [0.5, 0.6) is 5.75 Å². The molecule has 43 heavy (non-hydrogen) atoms. The normalized spacial score (nSPS) is 13.8. The maximum absolute atomic E-state index is 13.5. The Morgan fingerprint density at radius 3 is 2.14 bits per heavy atom. The summed E-state index contributed by atoms with van der Waals surface area (Å²) in [5.41, 5.74) is 7.72. The molecule has 14 heteroatoms. The second-order valence-corrected chi connectivity index (χ2v) is 10.9. The highest BCUT2D eigenvalue weighted by molar-refractivity contribution is 7.98. The van der Waals surface area contributed by atoms with Gasteiger partial charge in [0.15, 0.2) is 0 Å². The van der Waals surface area contributed by atoms with Crippen LogP contribution in [-0.4, -0.2) is 86.1 Å². The number of carbonyl (C=O) groups excluding carboxylic acids is 3. The molecule has 0 aliphatic heterocycles. The Kier molecular flexibility index (Phi) is 12.0. The van der Waals surface area contributed by atoms with Gasteiger partial charge in [-0.15, -0.1) is 0 Å². The number of nitrogens with one attached hydrogen (secondary N) is 4. The summed E-state index contributed by atoms with van der Waals surface area (Å²) in [7, 11) is 0. The number of amides is 3. The van der Waals surface area contributed by atoms with Crippen LogP contribution < -0.4 is 21.7 Å². The van der Waals surface area contributed by atoms with Gasteiger partial charge in [0.2, 0.25) is 17.7 Å². The standard InChI is InChI=1S/C29H35N5O8S/c1-43-11-10-22(32-26(38)20(30)14-25(36)37)27(39)33-23(12-16-6-8-18(35)9-7-16)28(40)34-24(29(41)42)13-17-15-31-21-5-3-2-4-19(17)21/h2-9,15,20,22-24,31,35H,10-14,30H2,1H3,(H,32,38)(H,33,39)(H,34,40)(H,36,37)(H,41,42). The molecular formula is C29H35N5O8S. The molecule has 13 nitrogen and oxygen atoms in total. The molecule has 0 spiro atoms. The predicted octanol–water partition coefficient (Wildman–Crippen LogP) is 0.753. The number of aromatic nitrogens is 1. The highest BCUT2D eigenvalue weighted by Crippen LogP contribution is 2.19. The molecule has 3 rings (SSSR count). The molecule has 0 saturated carbocycles. The zero-order chi connectivity index (χ0) is 31.5. The molecular weight excluding hydrogens is 578 g/mol. The molecule has 0 aliphatic rings. The average molecular weight is 614 g/mol. The number of carboxylic acids is 2. The van der Waals surface area contributed by atoms with Crippen molar-refractivity contribution in [2.45, 2.75) is 49.9 Å². The van der Waals surface area contributed by atoms with E-state index in [1.54, 1.807) is 24.6 Å². The van der Waals surface area contributed by atoms with Gasteiger partial charge < -0.3 is 42.0 Å². The van der Waals surface area contributed by atoms with E-state index in [2.05, 4.69) is 20.9 Å². The zero-order valence-corrected chi connectivity index (χ0v) is 24.2. The first-order chi connectivity index (χ1) is 20.5. The number of hydrogen-bond acceptors (Lipinski definition) is 8. The van der Waals surface area contributed by atoms with E-state index < -0.39 is 60.2 Å². The Balaban J connectivity index is 1.82. The third-order valence-electron chi connectivity index (χ3n) is 6.70. The highest BCUT2D eigenvalue weighted by Gasteiger charge is 2.31. The van der Waals surface area contributed by atoms with Crippen LogP contribution in [-0.2, 0) is 36.8 Å². The Bertz CT molecular complexity index is 1440. The summed E-state index contributed by atoms with van der Waals surface area (Å²) >= 11 is 1.41. The molecule has 0 bridgehead atoms. The molecule has 230 valence electrons. The van der Waals surface area contributed by atoms with E-state index >= 15 is 0 Å². The lowest BCUT2D eigenvalue weighted by molar-refractivity contribution is -0.142. The summed E-state index contributed by atoms with van der Waals surface area (Å²) in [6.07, 6.45) is 2.91. The minimum absolute atomic E-state index is 0.00370. The predicted molar refractivity (Wildman–Crippen MR) is 160 cm³/mol. The fraction of sp³-hybridized carbons (Fsp3) is 0.345. The summed E-state index contributed by atoms with van der Waals surface area (Å²) in [5, 5.41) is 37.0. The number of rotatable bonds is 16. The van der Waals surface area contributed by atoms with E-state index in [-0.39, 0.29) is 25.0 Å². The van der Waals surface area contributed by atoms with Crippen LogP contribution in [0.2, 0.25) is 0 Å². The van der Waals surface area contributed by atoms with Crippen LogP contribution in [0.3, 0.4) is 0 Å². The van der Waals surface area contributed by atoms with Crippen LogP contribution in [0.25, 0.3) is 10.9 Å². The molecule has 0 radical (unpaired) electrons. The van der Waals surface area contributed by atoms with Crippen molar-refractivity contribution in [1.82, 2.24) is 20.9 Å². The Morgan fingerprint density at radius 1 is 0.860 bits per heavy atom. The smallest absolute Gasteiger partial charge is 0.326 e. The maximum atomic E-state index is 13.5. The first kappa shape index (κ1) is 32.9. The number of phenols is 1. The number of aromatic hydroxyl groups is 1. The number of hydrogen-bond donors (Lipinski definition) is 8. The van der Waals surface area contributed by atoms with E-state index in [4.69, 9.17) is 10.8 Å². The molecule has 4 atom stereocenters. The van der Waals surface area contributed by atoms with Crippen molar-refractivity contribution >= 4 is 52.3 Å². The van der Waals surface area contributed by atoms with Crippen LogP contribution >= 0.6 is 11.8 Å². The summed E-state index contributed by atoms with van der Waals surface area (Å²) in [6.45, 7) is 0. The van der Waals surface area contributed by atoms with E-state index in [1.807, 2.05) is 24.3 Å². The number of carbonyl (C=O) groups is 5. The van der Waals surface area contributed by atoms with Crippen molar-refractivity contribution in [3.63, 3.8) is 0 Å². The Hall–Kier alpha value is -4.56. The number of aliphatic carboxylic acids is 2. The monoisotopic (exact) mass is 613 g/mol. The number of para-hydroxylation sites is 1. The molecule has 0 saturated heterocycles. The van der Waals surface area contributed by atoms with Crippen molar-refractivity contribution in [2.24, 2.45) is 5.73 Å². The molecule has 9 N–H and O–H groups in total. The number of nitrogens with two attached hydrogens (primary N) is 1. The molecule has 4 unspecified atom stereocenters. The molecule has 2 aromatic carbocycles. The molecule has 0 aliphatic carbocycles. The third kappa shape index (κ3) is 9.75. The molecule has 3 aromatic rings. The number of phenolic OH excluding ortho intramolecular Hbond substituents is 1. The number of fused-ring (bicyclic) bond motifs is 1. The number of aromatic amines is 1. The first-order valence-electron chi connectivity index (χ1n) is 13.4.